The first kappa shape index (κ1) is 24.4. The van der Waals surface area contributed by atoms with E-state index in [1.165, 1.54) is 19.1 Å². The fourth-order valence-electron chi connectivity index (χ4n) is 3.43. The van der Waals surface area contributed by atoms with Crippen molar-refractivity contribution < 1.29 is 23.5 Å². The van der Waals surface area contributed by atoms with Gasteiger partial charge in [-0.15, -0.1) is 0 Å². The number of carbonyl (C=O) groups is 1. The second kappa shape index (κ2) is 9.89. The summed E-state index contributed by atoms with van der Waals surface area (Å²) in [4.78, 5) is 23.7. The summed E-state index contributed by atoms with van der Waals surface area (Å²) in [5, 5.41) is 12.3. The number of nitrogens with two attached hydrogens (primary N) is 1. The van der Waals surface area contributed by atoms with E-state index in [1.807, 2.05) is 16.7 Å². The molecule has 0 saturated carbocycles. The van der Waals surface area contributed by atoms with Crippen LogP contribution in [0.2, 0.25) is 10.2 Å². The molecule has 1 aliphatic carbocycles. The van der Waals surface area contributed by atoms with Gasteiger partial charge in [-0.1, -0.05) is 35.4 Å². The Morgan fingerprint density at radius 3 is 2.76 bits per heavy atom. The summed E-state index contributed by atoms with van der Waals surface area (Å²) >= 11 is 12.0. The Morgan fingerprint density at radius 1 is 1.32 bits per heavy atom. The lowest BCUT2D eigenvalue weighted by Crippen LogP contribution is -2.33. The molecular weight excluding hydrogens is 506 g/mol. The van der Waals surface area contributed by atoms with E-state index in [2.05, 4.69) is 20.0 Å². The molecule has 3 aromatic rings. The van der Waals surface area contributed by atoms with Gasteiger partial charge in [0.2, 0.25) is 5.95 Å². The highest BCUT2D eigenvalue weighted by Crippen LogP contribution is 2.46. The third-order valence-corrected chi connectivity index (χ3v) is 7.28. The topological polar surface area (TPSA) is 154 Å². The highest BCUT2D eigenvalue weighted by atomic mass is 35.5. The first-order valence-corrected chi connectivity index (χ1v) is 12.5. The molecular formula is C20H21Cl2N6O5P. The molecule has 1 aromatic carbocycles. The van der Waals surface area contributed by atoms with E-state index in [-0.39, 0.29) is 35.4 Å². The van der Waals surface area contributed by atoms with Gasteiger partial charge in [0.05, 0.1) is 19.0 Å². The molecule has 4 rings (SSSR count). The van der Waals surface area contributed by atoms with Crippen molar-refractivity contribution in [3.8, 4) is 5.75 Å². The Morgan fingerprint density at radius 2 is 2.06 bits per heavy atom. The lowest BCUT2D eigenvalue weighted by Gasteiger charge is -2.23. The van der Waals surface area contributed by atoms with Crippen LogP contribution in [-0.2, 0) is 13.9 Å². The zero-order chi connectivity index (χ0) is 24.5. The van der Waals surface area contributed by atoms with Crippen LogP contribution in [-0.4, -0.2) is 43.2 Å². The number of aliphatic carboxylic acids is 1. The van der Waals surface area contributed by atoms with Crippen molar-refractivity contribution in [3.05, 3.63) is 52.9 Å². The van der Waals surface area contributed by atoms with Crippen LogP contribution in [0.4, 0.5) is 5.95 Å². The number of carboxylic acid groups (broad SMARTS) is 1. The van der Waals surface area contributed by atoms with E-state index in [0.717, 1.165) is 0 Å². The average Bonchev–Trinajstić information content (AvgIpc) is 3.41. The first-order valence-electron chi connectivity index (χ1n) is 10.2. The minimum atomic E-state index is -4.03. The number of fused-ring (bicyclic) bond motifs is 1. The van der Waals surface area contributed by atoms with Crippen molar-refractivity contribution in [2.45, 2.75) is 25.4 Å². The predicted octanol–water partition coefficient (Wildman–Crippen LogP) is 4.10. The number of nitrogen functional groups attached to an aromatic ring is 1. The zero-order valence-electron chi connectivity index (χ0n) is 17.8. The van der Waals surface area contributed by atoms with Gasteiger partial charge in [0.25, 0.3) is 0 Å². The van der Waals surface area contributed by atoms with Crippen molar-refractivity contribution in [2.24, 2.45) is 5.92 Å². The number of benzene rings is 1. The molecule has 0 saturated heterocycles. The van der Waals surface area contributed by atoms with E-state index >= 15 is 0 Å². The molecule has 0 bridgehead atoms. The highest BCUT2D eigenvalue weighted by Gasteiger charge is 2.33. The lowest BCUT2D eigenvalue weighted by molar-refractivity contribution is -0.138. The van der Waals surface area contributed by atoms with Crippen LogP contribution >= 0.6 is 30.9 Å². The van der Waals surface area contributed by atoms with Crippen molar-refractivity contribution in [2.75, 3.05) is 12.3 Å². The molecule has 1 aliphatic rings. The smallest absolute Gasteiger partial charge is 0.459 e. The molecule has 2 heterocycles. The molecule has 2 aromatic heterocycles. The summed E-state index contributed by atoms with van der Waals surface area (Å²) in [5.41, 5.74) is 6.66. The molecule has 2 unspecified atom stereocenters. The SMILES string of the molecule is CC(NP(=O)(OC[C@@H]1C=C[C@H](n2cnc3c(Cl)nc(N)nc32)C1)Oc1ccc(Cl)cc1)C(=O)O. The van der Waals surface area contributed by atoms with Gasteiger partial charge in [-0.2, -0.15) is 15.1 Å². The Kier molecular flexibility index (Phi) is 7.11. The van der Waals surface area contributed by atoms with E-state index in [9.17, 15) is 14.5 Å². The second-order valence-corrected chi connectivity index (χ2v) is 10.2. The normalized spacial score (nSPS) is 20.3. The zero-order valence-corrected chi connectivity index (χ0v) is 20.2. The number of anilines is 1. The maximum absolute atomic E-state index is 13.4. The third kappa shape index (κ3) is 5.51. The van der Waals surface area contributed by atoms with Gasteiger partial charge < -0.3 is 19.9 Å². The number of hydrogen-bond donors (Lipinski definition) is 3. The summed E-state index contributed by atoms with van der Waals surface area (Å²) in [6.07, 6.45) is 6.05. The largest absolute Gasteiger partial charge is 0.480 e. The Labute approximate surface area is 204 Å². The summed E-state index contributed by atoms with van der Waals surface area (Å²) in [5.74, 6) is -1.07. The van der Waals surface area contributed by atoms with Gasteiger partial charge in [0.1, 0.15) is 17.3 Å². The fourth-order valence-corrected chi connectivity index (χ4v) is 5.33. The minimum absolute atomic E-state index is 0.0156. The molecule has 0 fully saturated rings. The molecule has 14 heteroatoms. The Hall–Kier alpha value is -2.69. The highest BCUT2D eigenvalue weighted by molar-refractivity contribution is 7.52. The van der Waals surface area contributed by atoms with Gasteiger partial charge in [-0.05, 0) is 37.6 Å². The fraction of sp³-hybridized carbons (Fsp3) is 0.300. The predicted molar refractivity (Wildman–Crippen MR) is 127 cm³/mol. The number of allylic oxidation sites excluding steroid dienone is 1. The molecule has 0 aliphatic heterocycles. The van der Waals surface area contributed by atoms with Crippen LogP contribution in [0.15, 0.2) is 42.7 Å². The monoisotopic (exact) mass is 526 g/mol. The molecule has 4 atom stereocenters. The quantitative estimate of drug-likeness (QED) is 0.211. The molecule has 4 N–H and O–H groups in total. The van der Waals surface area contributed by atoms with Gasteiger partial charge >= 0.3 is 13.7 Å². The number of rotatable bonds is 9. The van der Waals surface area contributed by atoms with Crippen molar-refractivity contribution in [3.63, 3.8) is 0 Å². The number of halogens is 2. The molecule has 180 valence electrons. The van der Waals surface area contributed by atoms with Gasteiger partial charge in [0.15, 0.2) is 10.8 Å². The van der Waals surface area contributed by atoms with Crippen LogP contribution in [0.1, 0.15) is 19.4 Å². The Balaban J connectivity index is 1.46. The lowest BCUT2D eigenvalue weighted by atomic mass is 10.1. The average molecular weight is 527 g/mol. The summed E-state index contributed by atoms with van der Waals surface area (Å²) < 4.78 is 26.4. The van der Waals surface area contributed by atoms with Crippen LogP contribution in [0.5, 0.6) is 5.75 Å². The summed E-state index contributed by atoms with van der Waals surface area (Å²) in [6.45, 7) is 1.36. The van der Waals surface area contributed by atoms with Crippen molar-refractivity contribution in [1.82, 2.24) is 24.6 Å². The summed E-state index contributed by atoms with van der Waals surface area (Å²) in [7, 11) is -4.03. The third-order valence-electron chi connectivity index (χ3n) is 5.12. The van der Waals surface area contributed by atoms with Gasteiger partial charge in [-0.3, -0.25) is 9.32 Å². The van der Waals surface area contributed by atoms with Crippen LogP contribution in [0.3, 0.4) is 0 Å². The Bertz CT molecular complexity index is 1280. The number of carboxylic acids is 1. The number of aromatic nitrogens is 4. The first-order chi connectivity index (χ1) is 16.1. The molecule has 0 spiro atoms. The van der Waals surface area contributed by atoms with Crippen LogP contribution < -0.4 is 15.3 Å². The maximum atomic E-state index is 13.4. The molecule has 11 nitrogen and oxygen atoms in total. The maximum Gasteiger partial charge on any atom is 0.459 e. The van der Waals surface area contributed by atoms with Crippen molar-refractivity contribution in [1.29, 1.82) is 0 Å². The van der Waals surface area contributed by atoms with Crippen LogP contribution in [0, 0.1) is 5.92 Å². The molecule has 0 radical (unpaired) electrons. The number of nitrogens with one attached hydrogen (secondary N) is 1. The second-order valence-electron chi connectivity index (χ2n) is 7.67. The molecule has 34 heavy (non-hydrogen) atoms. The van der Waals surface area contributed by atoms with Crippen LogP contribution in [0.25, 0.3) is 11.2 Å². The van der Waals surface area contributed by atoms with Crippen molar-refractivity contribution >= 4 is 54.0 Å². The van der Waals surface area contributed by atoms with E-state index in [4.69, 9.17) is 38.0 Å². The van der Waals surface area contributed by atoms with E-state index < -0.39 is 19.8 Å². The number of hydrogen-bond acceptors (Lipinski definition) is 8. The summed E-state index contributed by atoms with van der Waals surface area (Å²) in [6, 6.07) is 4.86. The number of imidazole rings is 1. The van der Waals surface area contributed by atoms with Gasteiger partial charge in [-0.25, -0.2) is 9.55 Å². The molecule has 0 amide bonds. The van der Waals surface area contributed by atoms with Gasteiger partial charge in [0, 0.05) is 10.9 Å². The standard InChI is InChI=1S/C20H21Cl2N6O5P/c1-11(19(29)30)27-34(31,33-15-6-3-13(21)4-7-15)32-9-12-2-5-14(8-12)28-10-24-16-17(22)25-20(23)26-18(16)28/h2-7,10-12,14H,8-9H2,1H3,(H,27,31)(H,29,30)(H2,23,25,26)/t11?,12-,14+,34?/m1/s1. The minimum Gasteiger partial charge on any atom is -0.480 e. The number of nitrogens with zero attached hydrogens (tertiary/aromatic N) is 4. The van der Waals surface area contributed by atoms with E-state index in [0.29, 0.717) is 22.6 Å². The van der Waals surface area contributed by atoms with E-state index in [1.54, 1.807) is 18.5 Å².